The van der Waals surface area contributed by atoms with E-state index >= 15 is 0 Å². The van der Waals surface area contributed by atoms with E-state index in [0.717, 1.165) is 30.8 Å². The number of hydrogen-bond donors (Lipinski definition) is 0. The maximum atomic E-state index is 6.52. The van der Waals surface area contributed by atoms with Crippen LogP contribution < -0.4 is 9.47 Å². The van der Waals surface area contributed by atoms with Crippen LogP contribution in [0.3, 0.4) is 0 Å². The number of rotatable bonds is 15. The fourth-order valence-electron chi connectivity index (χ4n) is 7.45. The molecule has 0 unspecified atom stereocenters. The van der Waals surface area contributed by atoms with Crippen LogP contribution in [0.2, 0.25) is 0 Å². The van der Waals surface area contributed by atoms with Crippen LogP contribution in [-0.2, 0) is 22.9 Å². The number of benzene rings is 5. The van der Waals surface area contributed by atoms with Crippen LogP contribution in [0.4, 0.5) is 0 Å². The van der Waals surface area contributed by atoms with E-state index in [-0.39, 0.29) is 10.8 Å². The van der Waals surface area contributed by atoms with Gasteiger partial charge in [0.15, 0.2) is 0 Å². The summed E-state index contributed by atoms with van der Waals surface area (Å²) in [5, 5.41) is 0. The lowest BCUT2D eigenvalue weighted by Crippen LogP contribution is -2.25. The van der Waals surface area contributed by atoms with Gasteiger partial charge in [0, 0.05) is 5.41 Å². The molecule has 0 fully saturated rings. The average molecular weight is 733 g/mol. The molecule has 5 aromatic rings. The number of allylic oxidation sites excluding steroid dienone is 3. The summed E-state index contributed by atoms with van der Waals surface area (Å²) in [5.41, 5.74) is 14.7. The number of ether oxygens (including phenoxy) is 2. The van der Waals surface area contributed by atoms with Crippen molar-refractivity contribution in [2.75, 3.05) is 6.61 Å². The lowest BCUT2D eigenvalue weighted by atomic mass is 9.76. The van der Waals surface area contributed by atoms with Gasteiger partial charge in [0.2, 0.25) is 0 Å². The highest BCUT2D eigenvalue weighted by atomic mass is 16.5. The lowest BCUT2D eigenvalue weighted by molar-refractivity contribution is 0.109. The number of hydrogen-bond acceptors (Lipinski definition) is 2. The van der Waals surface area contributed by atoms with Gasteiger partial charge in [-0.3, -0.25) is 0 Å². The van der Waals surface area contributed by atoms with Crippen LogP contribution in [0.1, 0.15) is 118 Å². The molecule has 288 valence electrons. The molecule has 0 aliphatic heterocycles. The van der Waals surface area contributed by atoms with E-state index in [0.29, 0.717) is 6.61 Å². The van der Waals surface area contributed by atoms with E-state index in [9.17, 15) is 0 Å². The Morgan fingerprint density at radius 1 is 0.618 bits per heavy atom. The van der Waals surface area contributed by atoms with Crippen molar-refractivity contribution in [1.82, 2.24) is 0 Å². The Morgan fingerprint density at radius 3 is 1.82 bits per heavy atom. The van der Waals surface area contributed by atoms with E-state index in [1.54, 1.807) is 0 Å². The fourth-order valence-corrected chi connectivity index (χ4v) is 7.45. The zero-order valence-electron chi connectivity index (χ0n) is 35.7. The minimum absolute atomic E-state index is 0.0474. The third kappa shape index (κ3) is 10.3. The highest BCUT2D eigenvalue weighted by Crippen LogP contribution is 2.40. The molecule has 0 aliphatic rings. The molecule has 2 nitrogen and oxygen atoms in total. The van der Waals surface area contributed by atoms with Crippen LogP contribution in [-0.4, -0.2) is 6.61 Å². The predicted molar refractivity (Wildman–Crippen MR) is 236 cm³/mol. The highest BCUT2D eigenvalue weighted by molar-refractivity contribution is 5.74. The molecule has 5 aromatic carbocycles. The number of aryl methyl sites for hydroxylation is 4. The van der Waals surface area contributed by atoms with Gasteiger partial charge in [-0.1, -0.05) is 136 Å². The molecule has 0 saturated heterocycles. The first-order valence-corrected chi connectivity index (χ1v) is 20.1. The van der Waals surface area contributed by atoms with Gasteiger partial charge >= 0.3 is 0 Å². The highest BCUT2D eigenvalue weighted by Gasteiger charge is 2.27. The summed E-state index contributed by atoms with van der Waals surface area (Å²) in [5.74, 6) is 1.79. The Kier molecular flexibility index (Phi) is 13.0. The molecule has 0 bridgehead atoms. The van der Waals surface area contributed by atoms with Crippen molar-refractivity contribution in [3.63, 3.8) is 0 Å². The quantitative estimate of drug-likeness (QED) is 0.0998. The van der Waals surface area contributed by atoms with Crippen molar-refractivity contribution < 1.29 is 9.47 Å². The molecule has 0 amide bonds. The molecule has 0 radical (unpaired) electrons. The van der Waals surface area contributed by atoms with Crippen molar-refractivity contribution >= 4 is 0 Å². The van der Waals surface area contributed by atoms with Gasteiger partial charge in [0.05, 0.1) is 0 Å². The molecule has 55 heavy (non-hydrogen) atoms. The predicted octanol–water partition coefficient (Wildman–Crippen LogP) is 14.4. The van der Waals surface area contributed by atoms with Crippen molar-refractivity contribution in [2.24, 2.45) is 0 Å². The van der Waals surface area contributed by atoms with Crippen molar-refractivity contribution in [2.45, 2.75) is 119 Å². The minimum Gasteiger partial charge on any atom is -0.490 e. The van der Waals surface area contributed by atoms with Gasteiger partial charge < -0.3 is 9.47 Å². The molecule has 0 N–H and O–H groups in total. The molecular weight excluding hydrogens is 669 g/mol. The van der Waals surface area contributed by atoms with Crippen LogP contribution in [0.15, 0.2) is 127 Å². The molecule has 0 aliphatic carbocycles. The van der Waals surface area contributed by atoms with Crippen molar-refractivity contribution in [3.8, 4) is 22.6 Å². The zero-order valence-corrected chi connectivity index (χ0v) is 35.7. The van der Waals surface area contributed by atoms with E-state index in [4.69, 9.17) is 9.47 Å². The first kappa shape index (κ1) is 41.3. The van der Waals surface area contributed by atoms with E-state index in [1.807, 2.05) is 0 Å². The van der Waals surface area contributed by atoms with Crippen LogP contribution in [0, 0.1) is 27.7 Å². The molecular formula is C53H64O2. The smallest absolute Gasteiger partial charge is 0.128 e. The fraction of sp³-hybridized carbons (Fsp3) is 0.358. The van der Waals surface area contributed by atoms with Crippen LogP contribution >= 0.6 is 0 Å². The topological polar surface area (TPSA) is 18.5 Å². The first-order valence-electron chi connectivity index (χ1n) is 20.1. The largest absolute Gasteiger partial charge is 0.490 e. The third-order valence-corrected chi connectivity index (χ3v) is 11.5. The van der Waals surface area contributed by atoms with Gasteiger partial charge in [-0.25, -0.2) is 0 Å². The maximum Gasteiger partial charge on any atom is 0.128 e. The summed E-state index contributed by atoms with van der Waals surface area (Å²) < 4.78 is 13.0. The van der Waals surface area contributed by atoms with Gasteiger partial charge in [0.1, 0.15) is 23.7 Å². The second-order valence-corrected chi connectivity index (χ2v) is 17.2. The monoisotopic (exact) mass is 732 g/mol. The lowest BCUT2D eigenvalue weighted by Gasteiger charge is -2.29. The standard InChI is InChI=1S/C53H64O2/c1-13-15-37(2)16-14-33-54-48-34-42(31-32-51(7,8)43-27-29-47(30-28-43)55-53(11,12)45-24-19-39(4)20-25-45)41(6)50(36-48)49-35-46(26-21-40(49)5)52(9,10)44-22-17-38(3)18-23-44/h14-30,34-36H,13,31-33H2,1-12H3/b16-14-,37-15-. The molecule has 0 aromatic heterocycles. The van der Waals surface area contributed by atoms with Gasteiger partial charge in [-0.05, 0) is 160 Å². The van der Waals surface area contributed by atoms with Crippen molar-refractivity contribution in [3.05, 3.63) is 177 Å². The SMILES string of the molecule is CC/C=C(C)\C=C/COc1cc(CCC(C)(C)c2ccc(OC(C)(C)c3ccc(C)cc3)cc2)c(C)c(-c2cc(C(C)(C)c3ccc(C)cc3)ccc2C)c1. The average Bonchev–Trinajstić information content (AvgIpc) is 3.14. The second-order valence-electron chi connectivity index (χ2n) is 17.2. The van der Waals surface area contributed by atoms with Crippen LogP contribution in [0.5, 0.6) is 11.5 Å². The summed E-state index contributed by atoms with van der Waals surface area (Å²) in [4.78, 5) is 0. The van der Waals surface area contributed by atoms with Crippen molar-refractivity contribution in [1.29, 1.82) is 0 Å². The van der Waals surface area contributed by atoms with E-state index < -0.39 is 5.60 Å². The molecule has 0 atom stereocenters. The summed E-state index contributed by atoms with van der Waals surface area (Å²) >= 11 is 0. The summed E-state index contributed by atoms with van der Waals surface area (Å²) in [6.07, 6.45) is 9.47. The minimum atomic E-state index is -0.428. The Bertz CT molecular complexity index is 2100. The molecule has 0 heterocycles. The molecule has 0 spiro atoms. The molecule has 0 saturated carbocycles. The Balaban J connectivity index is 1.43. The van der Waals surface area contributed by atoms with Gasteiger partial charge in [-0.15, -0.1) is 0 Å². The van der Waals surface area contributed by atoms with Crippen LogP contribution in [0.25, 0.3) is 11.1 Å². The summed E-state index contributed by atoms with van der Waals surface area (Å²) in [7, 11) is 0. The van der Waals surface area contributed by atoms with Gasteiger partial charge in [-0.2, -0.15) is 0 Å². The molecule has 5 rings (SSSR count). The Morgan fingerprint density at radius 2 is 1.20 bits per heavy atom. The Labute approximate surface area is 333 Å². The third-order valence-electron chi connectivity index (χ3n) is 11.5. The van der Waals surface area contributed by atoms with E-state index in [2.05, 4.69) is 204 Å². The first-order chi connectivity index (χ1) is 26.0. The normalized spacial score (nSPS) is 12.7. The Hall–Kier alpha value is -4.82. The second kappa shape index (κ2) is 17.3. The summed E-state index contributed by atoms with van der Waals surface area (Å²) in [6.45, 7) is 27.3. The summed E-state index contributed by atoms with van der Waals surface area (Å²) in [6, 6.07) is 37.9. The van der Waals surface area contributed by atoms with Gasteiger partial charge in [0.25, 0.3) is 0 Å². The molecule has 2 heteroatoms. The maximum absolute atomic E-state index is 6.52. The van der Waals surface area contributed by atoms with E-state index in [1.165, 1.54) is 66.8 Å². The zero-order chi connectivity index (χ0) is 40.0.